The van der Waals surface area contributed by atoms with Gasteiger partial charge >= 0.3 is 12.2 Å². The molecule has 0 aliphatic carbocycles. The van der Waals surface area contributed by atoms with Crippen LogP contribution in [0.1, 0.15) is 39.2 Å². The van der Waals surface area contributed by atoms with E-state index in [2.05, 4.69) is 9.88 Å². The molecule has 0 saturated carbocycles. The summed E-state index contributed by atoms with van der Waals surface area (Å²) < 4.78 is 16.8. The topological polar surface area (TPSA) is 105 Å². The minimum atomic E-state index is -1.05. The molecule has 0 atom stereocenters. The van der Waals surface area contributed by atoms with Crippen molar-refractivity contribution in [1.82, 2.24) is 14.8 Å². The van der Waals surface area contributed by atoms with Crippen LogP contribution in [0.5, 0.6) is 11.5 Å². The second-order valence-electron chi connectivity index (χ2n) is 12.0. The summed E-state index contributed by atoms with van der Waals surface area (Å²) in [5.74, 6) is 1.86. The molecule has 10 nitrogen and oxygen atoms in total. The average molecular weight is 660 g/mol. The van der Waals surface area contributed by atoms with Gasteiger partial charge in [0.25, 0.3) is 0 Å². The molecule has 3 aromatic rings. The molecule has 0 bridgehead atoms. The van der Waals surface area contributed by atoms with Crippen molar-refractivity contribution in [2.45, 2.75) is 51.8 Å². The first-order chi connectivity index (χ1) is 21.3. The molecule has 12 heteroatoms. The Bertz CT molecular complexity index is 1450. The molecular formula is C33H40Cl2N4O6. The molecule has 2 aromatic carbocycles. The molecule has 0 spiro atoms. The van der Waals surface area contributed by atoms with Gasteiger partial charge in [0, 0.05) is 56.4 Å². The number of hydrogen-bond acceptors (Lipinski definition) is 7. The Morgan fingerprint density at radius 3 is 2.24 bits per heavy atom. The summed E-state index contributed by atoms with van der Waals surface area (Å²) in [6, 6.07) is 14.6. The Kier molecular flexibility index (Phi) is 11.4. The van der Waals surface area contributed by atoms with E-state index in [4.69, 9.17) is 37.4 Å². The van der Waals surface area contributed by atoms with Gasteiger partial charge in [0.2, 0.25) is 0 Å². The molecule has 0 radical (unpaired) electrons. The zero-order valence-electron chi connectivity index (χ0n) is 26.3. The fraction of sp³-hybridized carbons (Fsp3) is 0.424. The van der Waals surface area contributed by atoms with E-state index in [0.29, 0.717) is 21.5 Å². The van der Waals surface area contributed by atoms with Crippen LogP contribution in [0, 0.1) is 0 Å². The number of rotatable bonds is 10. The Morgan fingerprint density at radius 1 is 1.00 bits per heavy atom. The minimum absolute atomic E-state index is 0.0982. The molecule has 242 valence electrons. The summed E-state index contributed by atoms with van der Waals surface area (Å²) in [5.41, 5.74) is 1.73. The van der Waals surface area contributed by atoms with Crippen LogP contribution in [0.15, 0.2) is 54.7 Å². The SMILES string of the molecule is COCCN(Cc1cc(Oc2ccc(N3CCC(N(C)C(=O)OC(C)(C)C)CC3)nc2)cc(-c2cc(Cl)cc(Cl)c2)c1)C(=O)O. The van der Waals surface area contributed by atoms with Crippen LogP contribution in [-0.2, 0) is 16.0 Å². The summed E-state index contributed by atoms with van der Waals surface area (Å²) in [6.07, 6.45) is 1.91. The number of pyridine rings is 1. The van der Waals surface area contributed by atoms with Crippen molar-refractivity contribution in [3.05, 3.63) is 70.3 Å². The lowest BCUT2D eigenvalue weighted by Crippen LogP contribution is -2.47. The maximum absolute atomic E-state index is 12.5. The summed E-state index contributed by atoms with van der Waals surface area (Å²) in [7, 11) is 3.32. The molecule has 1 aliphatic rings. The number of halogens is 2. The number of aromatic nitrogens is 1. The van der Waals surface area contributed by atoms with Crippen molar-refractivity contribution in [3.63, 3.8) is 0 Å². The lowest BCUT2D eigenvalue weighted by molar-refractivity contribution is 0.0200. The number of carbonyl (C=O) groups is 2. The smallest absolute Gasteiger partial charge is 0.410 e. The van der Waals surface area contributed by atoms with Crippen LogP contribution in [0.2, 0.25) is 10.0 Å². The van der Waals surface area contributed by atoms with Crippen molar-refractivity contribution < 1.29 is 28.9 Å². The summed E-state index contributed by atoms with van der Waals surface area (Å²) in [6.45, 7) is 7.72. The number of hydrogen-bond donors (Lipinski definition) is 1. The van der Waals surface area contributed by atoms with E-state index in [1.807, 2.05) is 45.0 Å². The van der Waals surface area contributed by atoms with Crippen LogP contribution in [0.25, 0.3) is 11.1 Å². The summed E-state index contributed by atoms with van der Waals surface area (Å²) in [4.78, 5) is 34.2. The van der Waals surface area contributed by atoms with E-state index in [1.54, 1.807) is 42.4 Å². The largest absolute Gasteiger partial charge is 0.465 e. The molecule has 1 aromatic heterocycles. The number of piperidine rings is 1. The van der Waals surface area contributed by atoms with Gasteiger partial charge in [-0.3, -0.25) is 0 Å². The highest BCUT2D eigenvalue weighted by atomic mass is 35.5. The molecule has 1 saturated heterocycles. The third kappa shape index (κ3) is 9.88. The van der Waals surface area contributed by atoms with Crippen LogP contribution in [0.4, 0.5) is 15.4 Å². The van der Waals surface area contributed by atoms with Gasteiger partial charge in [-0.2, -0.15) is 0 Å². The van der Waals surface area contributed by atoms with E-state index in [-0.39, 0.29) is 31.8 Å². The normalized spacial score (nSPS) is 13.8. The Labute approximate surface area is 274 Å². The van der Waals surface area contributed by atoms with Crippen LogP contribution in [-0.4, -0.2) is 84.1 Å². The molecule has 2 amide bonds. The second-order valence-corrected chi connectivity index (χ2v) is 12.9. The van der Waals surface area contributed by atoms with Crippen LogP contribution in [0.3, 0.4) is 0 Å². The number of amides is 2. The number of ether oxygens (including phenoxy) is 3. The predicted molar refractivity (Wildman–Crippen MR) is 176 cm³/mol. The second kappa shape index (κ2) is 15.0. The van der Waals surface area contributed by atoms with Crippen molar-refractivity contribution in [2.24, 2.45) is 0 Å². The average Bonchev–Trinajstić information content (AvgIpc) is 2.98. The van der Waals surface area contributed by atoms with Gasteiger partial charge in [-0.05, 0) is 98.8 Å². The molecule has 4 rings (SSSR count). The molecule has 1 N–H and O–H groups in total. The number of nitrogens with zero attached hydrogens (tertiary/aromatic N) is 4. The van der Waals surface area contributed by atoms with Gasteiger partial charge in [0.15, 0.2) is 0 Å². The monoisotopic (exact) mass is 658 g/mol. The van der Waals surface area contributed by atoms with E-state index >= 15 is 0 Å². The van der Waals surface area contributed by atoms with Crippen LogP contribution < -0.4 is 9.64 Å². The number of carboxylic acid groups (broad SMARTS) is 1. The van der Waals surface area contributed by atoms with Gasteiger partial charge in [-0.1, -0.05) is 23.2 Å². The van der Waals surface area contributed by atoms with Gasteiger partial charge in [0.1, 0.15) is 22.9 Å². The lowest BCUT2D eigenvalue weighted by atomic mass is 10.0. The van der Waals surface area contributed by atoms with E-state index < -0.39 is 11.7 Å². The standard InChI is InChI=1S/C33H40Cl2N4O6/c1-33(2,3)45-32(42)37(4)27-8-10-38(11-9-27)30-7-6-28(20-36-30)44-29-15-22(21-39(31(40)41)12-13-43-5)14-23(18-29)24-16-25(34)19-26(35)17-24/h6-7,14-20,27H,8-13,21H2,1-5H3,(H,40,41). The quantitative estimate of drug-likeness (QED) is 0.235. The molecule has 2 heterocycles. The number of anilines is 1. The van der Waals surface area contributed by atoms with E-state index in [9.17, 15) is 14.7 Å². The zero-order chi connectivity index (χ0) is 32.7. The minimum Gasteiger partial charge on any atom is -0.465 e. The molecule has 1 fully saturated rings. The van der Waals surface area contributed by atoms with Crippen molar-refractivity contribution in [2.75, 3.05) is 45.3 Å². The molecular weight excluding hydrogens is 619 g/mol. The van der Waals surface area contributed by atoms with Crippen LogP contribution >= 0.6 is 23.2 Å². The Balaban J connectivity index is 1.48. The highest BCUT2D eigenvalue weighted by Gasteiger charge is 2.29. The highest BCUT2D eigenvalue weighted by Crippen LogP contribution is 2.33. The lowest BCUT2D eigenvalue weighted by Gasteiger charge is -2.37. The maximum atomic E-state index is 12.5. The van der Waals surface area contributed by atoms with E-state index in [1.165, 1.54) is 12.0 Å². The van der Waals surface area contributed by atoms with Crippen molar-refractivity contribution in [1.29, 1.82) is 0 Å². The predicted octanol–water partition coefficient (Wildman–Crippen LogP) is 7.81. The molecule has 45 heavy (non-hydrogen) atoms. The number of benzene rings is 2. The van der Waals surface area contributed by atoms with Crippen molar-refractivity contribution >= 4 is 41.2 Å². The first kappa shape index (κ1) is 34.1. The molecule has 0 unspecified atom stereocenters. The Hall–Kier alpha value is -3.73. The van der Waals surface area contributed by atoms with Gasteiger partial charge in [-0.15, -0.1) is 0 Å². The summed E-state index contributed by atoms with van der Waals surface area (Å²) >= 11 is 12.6. The molecule has 1 aliphatic heterocycles. The zero-order valence-corrected chi connectivity index (χ0v) is 27.8. The van der Waals surface area contributed by atoms with Crippen molar-refractivity contribution in [3.8, 4) is 22.6 Å². The highest BCUT2D eigenvalue weighted by molar-refractivity contribution is 6.35. The summed E-state index contributed by atoms with van der Waals surface area (Å²) in [5, 5.41) is 10.7. The number of carbonyl (C=O) groups excluding carboxylic acids is 1. The first-order valence-corrected chi connectivity index (χ1v) is 15.5. The van der Waals surface area contributed by atoms with Gasteiger partial charge in [0.05, 0.1) is 12.8 Å². The third-order valence-corrected chi connectivity index (χ3v) is 7.78. The van der Waals surface area contributed by atoms with Gasteiger partial charge in [-0.25, -0.2) is 14.6 Å². The third-order valence-electron chi connectivity index (χ3n) is 7.35. The maximum Gasteiger partial charge on any atom is 0.410 e. The number of methoxy groups -OCH3 is 1. The van der Waals surface area contributed by atoms with Gasteiger partial charge < -0.3 is 34.0 Å². The fourth-order valence-electron chi connectivity index (χ4n) is 5.08. The van der Waals surface area contributed by atoms with E-state index in [0.717, 1.165) is 48.4 Å². The Morgan fingerprint density at radius 2 is 1.67 bits per heavy atom. The fourth-order valence-corrected chi connectivity index (χ4v) is 5.61. The first-order valence-electron chi connectivity index (χ1n) is 14.7.